The third kappa shape index (κ3) is 2.73. The standard InChI is InChI=1S/C13H15BrN2O3/c1-13(12(18)19,7-2-3-7)16-11(17)9-5-4-8(14)6-10(9)15/h4-7H,2-3,15H2,1H3,(H,16,17)(H,18,19). The molecule has 1 atom stereocenters. The van der Waals surface area contributed by atoms with Gasteiger partial charge in [0.1, 0.15) is 5.54 Å². The van der Waals surface area contributed by atoms with Gasteiger partial charge in [0.25, 0.3) is 5.91 Å². The maximum Gasteiger partial charge on any atom is 0.329 e. The van der Waals surface area contributed by atoms with Crippen molar-refractivity contribution in [3.8, 4) is 0 Å². The lowest BCUT2D eigenvalue weighted by atomic mass is 9.95. The van der Waals surface area contributed by atoms with Crippen molar-refractivity contribution in [1.82, 2.24) is 5.32 Å². The van der Waals surface area contributed by atoms with Crippen LogP contribution in [0.4, 0.5) is 5.69 Å². The van der Waals surface area contributed by atoms with Crippen LogP contribution in [0.2, 0.25) is 0 Å². The Hall–Kier alpha value is -1.56. The van der Waals surface area contributed by atoms with E-state index in [1.807, 2.05) is 0 Å². The van der Waals surface area contributed by atoms with E-state index in [-0.39, 0.29) is 11.5 Å². The number of halogens is 1. The molecule has 0 saturated heterocycles. The second-order valence-corrected chi connectivity index (χ2v) is 5.88. The van der Waals surface area contributed by atoms with Crippen molar-refractivity contribution in [1.29, 1.82) is 0 Å². The fourth-order valence-electron chi connectivity index (χ4n) is 2.03. The van der Waals surface area contributed by atoms with Crippen molar-refractivity contribution in [2.45, 2.75) is 25.3 Å². The molecule has 1 aliphatic rings. The van der Waals surface area contributed by atoms with E-state index < -0.39 is 17.4 Å². The van der Waals surface area contributed by atoms with E-state index in [4.69, 9.17) is 5.73 Å². The van der Waals surface area contributed by atoms with E-state index in [1.165, 1.54) is 0 Å². The SMILES string of the molecule is CC(NC(=O)c1ccc(Br)cc1N)(C(=O)O)C1CC1. The monoisotopic (exact) mass is 326 g/mol. The van der Waals surface area contributed by atoms with Crippen LogP contribution in [0.1, 0.15) is 30.1 Å². The Morgan fingerprint density at radius 3 is 2.58 bits per heavy atom. The Bertz CT molecular complexity index is 543. The molecule has 102 valence electrons. The van der Waals surface area contributed by atoms with Gasteiger partial charge in [0.05, 0.1) is 5.56 Å². The molecule has 2 rings (SSSR count). The number of hydrogen-bond donors (Lipinski definition) is 3. The van der Waals surface area contributed by atoms with E-state index in [2.05, 4.69) is 21.2 Å². The zero-order valence-corrected chi connectivity index (χ0v) is 12.0. The smallest absolute Gasteiger partial charge is 0.329 e. The predicted octanol–water partition coefficient (Wildman–Crippen LogP) is 2.01. The summed E-state index contributed by atoms with van der Waals surface area (Å²) in [7, 11) is 0. The third-order valence-electron chi connectivity index (χ3n) is 3.47. The van der Waals surface area contributed by atoms with Gasteiger partial charge in [-0.25, -0.2) is 4.79 Å². The molecule has 4 N–H and O–H groups in total. The van der Waals surface area contributed by atoms with E-state index in [0.29, 0.717) is 5.69 Å². The Morgan fingerprint density at radius 1 is 1.47 bits per heavy atom. The fraction of sp³-hybridized carbons (Fsp3) is 0.385. The Labute approximate surface area is 119 Å². The maximum atomic E-state index is 12.2. The van der Waals surface area contributed by atoms with Crippen LogP contribution < -0.4 is 11.1 Å². The summed E-state index contributed by atoms with van der Waals surface area (Å²) in [6, 6.07) is 4.88. The molecule has 0 radical (unpaired) electrons. The molecule has 1 aliphatic carbocycles. The average molecular weight is 327 g/mol. The average Bonchev–Trinajstić information content (AvgIpc) is 3.11. The molecule has 1 fully saturated rings. The molecular formula is C13H15BrN2O3. The molecule has 19 heavy (non-hydrogen) atoms. The van der Waals surface area contributed by atoms with E-state index in [9.17, 15) is 14.7 Å². The van der Waals surface area contributed by atoms with Crippen LogP contribution in [-0.4, -0.2) is 22.5 Å². The molecule has 6 heteroatoms. The van der Waals surface area contributed by atoms with Gasteiger partial charge in [-0.3, -0.25) is 4.79 Å². The molecule has 0 aliphatic heterocycles. The number of amides is 1. The predicted molar refractivity (Wildman–Crippen MR) is 74.8 cm³/mol. The summed E-state index contributed by atoms with van der Waals surface area (Å²) in [5, 5.41) is 11.9. The minimum Gasteiger partial charge on any atom is -0.480 e. The number of anilines is 1. The largest absolute Gasteiger partial charge is 0.480 e. The topological polar surface area (TPSA) is 92.4 Å². The minimum absolute atomic E-state index is 0.00868. The number of nitrogens with one attached hydrogen (secondary N) is 1. The molecular weight excluding hydrogens is 312 g/mol. The van der Waals surface area contributed by atoms with Gasteiger partial charge >= 0.3 is 5.97 Å². The fourth-order valence-corrected chi connectivity index (χ4v) is 2.41. The molecule has 1 aromatic rings. The molecule has 5 nitrogen and oxygen atoms in total. The van der Waals surface area contributed by atoms with Crippen molar-refractivity contribution >= 4 is 33.5 Å². The third-order valence-corrected chi connectivity index (χ3v) is 3.96. The molecule has 1 unspecified atom stereocenters. The van der Waals surface area contributed by atoms with Crippen LogP contribution in [0.25, 0.3) is 0 Å². The summed E-state index contributed by atoms with van der Waals surface area (Å²) < 4.78 is 0.768. The van der Waals surface area contributed by atoms with Gasteiger partial charge in [-0.1, -0.05) is 15.9 Å². The van der Waals surface area contributed by atoms with Crippen LogP contribution in [-0.2, 0) is 4.79 Å². The summed E-state index contributed by atoms with van der Waals surface area (Å²) in [5.41, 5.74) is 5.15. The van der Waals surface area contributed by atoms with Gasteiger partial charge in [-0.05, 0) is 43.9 Å². The summed E-state index contributed by atoms with van der Waals surface area (Å²) >= 11 is 3.26. The first kappa shape index (κ1) is 13.9. The zero-order valence-electron chi connectivity index (χ0n) is 10.4. The molecule has 0 aromatic heterocycles. The number of rotatable bonds is 4. The van der Waals surface area contributed by atoms with Crippen LogP contribution in [0.5, 0.6) is 0 Å². The molecule has 1 saturated carbocycles. The van der Waals surface area contributed by atoms with Crippen LogP contribution in [0, 0.1) is 5.92 Å². The first-order chi connectivity index (χ1) is 8.84. The number of benzene rings is 1. The van der Waals surface area contributed by atoms with Gasteiger partial charge in [-0.15, -0.1) is 0 Å². The quantitative estimate of drug-likeness (QED) is 0.738. The first-order valence-electron chi connectivity index (χ1n) is 5.95. The highest BCUT2D eigenvalue weighted by atomic mass is 79.9. The van der Waals surface area contributed by atoms with Crippen LogP contribution in [0.15, 0.2) is 22.7 Å². The summed E-state index contributed by atoms with van der Waals surface area (Å²) in [6.07, 6.45) is 1.64. The second kappa shape index (κ2) is 4.85. The lowest BCUT2D eigenvalue weighted by Crippen LogP contribution is -2.54. The summed E-state index contributed by atoms with van der Waals surface area (Å²) in [4.78, 5) is 23.5. The lowest BCUT2D eigenvalue weighted by Gasteiger charge is -2.26. The number of nitrogens with two attached hydrogens (primary N) is 1. The van der Waals surface area contributed by atoms with Crippen LogP contribution >= 0.6 is 15.9 Å². The summed E-state index contributed by atoms with van der Waals surface area (Å²) in [6.45, 7) is 1.54. The number of carboxylic acids is 1. The van der Waals surface area contributed by atoms with E-state index >= 15 is 0 Å². The zero-order chi connectivity index (χ0) is 14.2. The lowest BCUT2D eigenvalue weighted by molar-refractivity contribution is -0.144. The number of carbonyl (C=O) groups is 2. The minimum atomic E-state index is -1.23. The highest BCUT2D eigenvalue weighted by molar-refractivity contribution is 9.10. The second-order valence-electron chi connectivity index (χ2n) is 4.97. The normalized spacial score (nSPS) is 17.6. The molecule has 0 heterocycles. The Kier molecular flexibility index (Phi) is 3.54. The number of hydrogen-bond acceptors (Lipinski definition) is 3. The Morgan fingerprint density at radius 2 is 2.11 bits per heavy atom. The number of carbonyl (C=O) groups excluding carboxylic acids is 1. The molecule has 0 spiro atoms. The van der Waals surface area contributed by atoms with E-state index in [0.717, 1.165) is 17.3 Å². The van der Waals surface area contributed by atoms with Crippen molar-refractivity contribution < 1.29 is 14.7 Å². The van der Waals surface area contributed by atoms with Crippen molar-refractivity contribution in [3.05, 3.63) is 28.2 Å². The maximum absolute atomic E-state index is 12.2. The van der Waals surface area contributed by atoms with Gasteiger partial charge in [0, 0.05) is 10.2 Å². The van der Waals surface area contributed by atoms with Gasteiger partial charge in [0.2, 0.25) is 0 Å². The van der Waals surface area contributed by atoms with Gasteiger partial charge < -0.3 is 16.2 Å². The molecule has 0 bridgehead atoms. The number of nitrogen functional groups attached to an aromatic ring is 1. The van der Waals surface area contributed by atoms with Crippen LogP contribution in [0.3, 0.4) is 0 Å². The molecule has 1 amide bonds. The highest BCUT2D eigenvalue weighted by Crippen LogP contribution is 2.40. The number of carboxylic acid groups (broad SMARTS) is 1. The highest BCUT2D eigenvalue weighted by Gasteiger charge is 2.48. The summed E-state index contributed by atoms with van der Waals surface area (Å²) in [5.74, 6) is -1.48. The van der Waals surface area contributed by atoms with Crippen molar-refractivity contribution in [2.75, 3.05) is 5.73 Å². The first-order valence-corrected chi connectivity index (χ1v) is 6.75. The van der Waals surface area contributed by atoms with Gasteiger partial charge in [-0.2, -0.15) is 0 Å². The van der Waals surface area contributed by atoms with E-state index in [1.54, 1.807) is 25.1 Å². The molecule has 1 aromatic carbocycles. The van der Waals surface area contributed by atoms with Crippen molar-refractivity contribution in [2.24, 2.45) is 5.92 Å². The number of aliphatic carboxylic acids is 1. The van der Waals surface area contributed by atoms with Gasteiger partial charge in [0.15, 0.2) is 0 Å². The van der Waals surface area contributed by atoms with Crippen molar-refractivity contribution in [3.63, 3.8) is 0 Å². The Balaban J connectivity index is 2.22.